The zero-order chi connectivity index (χ0) is 14.3. The molecule has 3 nitrogen and oxygen atoms in total. The maximum atomic E-state index is 12.3. The summed E-state index contributed by atoms with van der Waals surface area (Å²) >= 11 is 0. The predicted molar refractivity (Wildman–Crippen MR) is 66.1 cm³/mol. The van der Waals surface area contributed by atoms with E-state index in [0.29, 0.717) is 4.90 Å². The van der Waals surface area contributed by atoms with Crippen LogP contribution in [-0.4, -0.2) is 35.1 Å². The summed E-state index contributed by atoms with van der Waals surface area (Å²) < 4.78 is 36.9. The minimum atomic E-state index is -4.87. The van der Waals surface area contributed by atoms with E-state index in [4.69, 9.17) is 0 Å². The Labute approximate surface area is 109 Å². The average Bonchev–Trinajstić information content (AvgIpc) is 2.37. The monoisotopic (exact) mass is 270 g/mol. The standard InChI is InChI=1S/C13H13F3N2O/c1-2-8-18(12(19)13(14,15)16)9-4-6-11-5-3-7-17-10-11/h2-7,10H,1,8-9H2/b6-4+. The summed E-state index contributed by atoms with van der Waals surface area (Å²) in [6.07, 6.45) is 2.62. The average molecular weight is 270 g/mol. The lowest BCUT2D eigenvalue weighted by Crippen LogP contribution is -2.41. The number of aromatic nitrogens is 1. The normalized spacial score (nSPS) is 11.5. The summed E-state index contributed by atoms with van der Waals surface area (Å²) in [5.41, 5.74) is 0.750. The lowest BCUT2D eigenvalue weighted by Gasteiger charge is -2.20. The van der Waals surface area contributed by atoms with Crippen molar-refractivity contribution in [3.8, 4) is 0 Å². The fraction of sp³-hybridized carbons (Fsp3) is 0.231. The maximum absolute atomic E-state index is 12.3. The Hall–Kier alpha value is -2.11. The molecule has 6 heteroatoms. The number of hydrogen-bond acceptors (Lipinski definition) is 2. The van der Waals surface area contributed by atoms with Gasteiger partial charge in [0, 0.05) is 25.5 Å². The summed E-state index contributed by atoms with van der Waals surface area (Å²) in [5.74, 6) is -1.87. The number of nitrogens with zero attached hydrogens (tertiary/aromatic N) is 2. The first kappa shape index (κ1) is 14.9. The van der Waals surface area contributed by atoms with E-state index < -0.39 is 12.1 Å². The second-order valence-corrected chi connectivity index (χ2v) is 3.69. The number of alkyl halides is 3. The first-order valence-corrected chi connectivity index (χ1v) is 5.48. The molecule has 0 aliphatic heterocycles. The Bertz CT molecular complexity index is 455. The Morgan fingerprint density at radius 1 is 1.42 bits per heavy atom. The zero-order valence-corrected chi connectivity index (χ0v) is 10.1. The first-order valence-electron chi connectivity index (χ1n) is 5.48. The molecule has 102 valence electrons. The fourth-order valence-electron chi connectivity index (χ4n) is 1.37. The van der Waals surface area contributed by atoms with E-state index in [1.165, 1.54) is 12.2 Å². The lowest BCUT2D eigenvalue weighted by molar-refractivity contribution is -0.184. The van der Waals surface area contributed by atoms with E-state index in [1.54, 1.807) is 30.6 Å². The smallest absolute Gasteiger partial charge is 0.327 e. The van der Waals surface area contributed by atoms with Crippen LogP contribution in [0, 0.1) is 0 Å². The van der Waals surface area contributed by atoms with Crippen molar-refractivity contribution in [3.05, 3.63) is 48.8 Å². The first-order chi connectivity index (χ1) is 8.95. The van der Waals surface area contributed by atoms with Gasteiger partial charge < -0.3 is 4.90 Å². The SMILES string of the molecule is C=CCN(C/C=C/c1cccnc1)C(=O)C(F)(F)F. The van der Waals surface area contributed by atoms with E-state index >= 15 is 0 Å². The van der Waals surface area contributed by atoms with Crippen molar-refractivity contribution in [2.45, 2.75) is 6.18 Å². The molecule has 0 spiro atoms. The van der Waals surface area contributed by atoms with Gasteiger partial charge in [-0.1, -0.05) is 24.3 Å². The quantitative estimate of drug-likeness (QED) is 0.771. The molecule has 1 heterocycles. The van der Waals surface area contributed by atoms with Gasteiger partial charge in [0.05, 0.1) is 0 Å². The second kappa shape index (κ2) is 6.72. The highest BCUT2D eigenvalue weighted by Crippen LogP contribution is 2.18. The number of halogens is 3. The third-order valence-corrected chi connectivity index (χ3v) is 2.20. The van der Waals surface area contributed by atoms with Crippen molar-refractivity contribution in [1.82, 2.24) is 9.88 Å². The summed E-state index contributed by atoms with van der Waals surface area (Å²) in [6, 6.07) is 3.47. The molecule has 0 aromatic carbocycles. The van der Waals surface area contributed by atoms with Gasteiger partial charge in [0.15, 0.2) is 0 Å². The van der Waals surface area contributed by atoms with E-state index in [-0.39, 0.29) is 13.1 Å². The van der Waals surface area contributed by atoms with Gasteiger partial charge in [-0.05, 0) is 11.6 Å². The predicted octanol–water partition coefficient (Wildman–Crippen LogP) is 2.67. The minimum Gasteiger partial charge on any atom is -0.327 e. The van der Waals surface area contributed by atoms with Crippen molar-refractivity contribution in [2.75, 3.05) is 13.1 Å². The van der Waals surface area contributed by atoms with Gasteiger partial charge in [0.2, 0.25) is 0 Å². The maximum Gasteiger partial charge on any atom is 0.471 e. The molecule has 0 N–H and O–H groups in total. The molecule has 0 aliphatic carbocycles. The Morgan fingerprint density at radius 2 is 2.16 bits per heavy atom. The number of pyridine rings is 1. The van der Waals surface area contributed by atoms with Crippen LogP contribution in [0.4, 0.5) is 13.2 Å². The number of rotatable bonds is 5. The molecule has 0 aliphatic rings. The summed E-state index contributed by atoms with van der Waals surface area (Å²) in [5, 5.41) is 0. The van der Waals surface area contributed by atoms with Crippen molar-refractivity contribution >= 4 is 12.0 Å². The molecule has 0 fully saturated rings. The van der Waals surface area contributed by atoms with Gasteiger partial charge in [-0.3, -0.25) is 9.78 Å². The number of carbonyl (C=O) groups is 1. The molecule has 1 aromatic rings. The molecule has 19 heavy (non-hydrogen) atoms. The topological polar surface area (TPSA) is 33.2 Å². The third kappa shape index (κ3) is 4.95. The van der Waals surface area contributed by atoms with Crippen LogP contribution in [0.3, 0.4) is 0 Å². The van der Waals surface area contributed by atoms with Crippen molar-refractivity contribution in [1.29, 1.82) is 0 Å². The van der Waals surface area contributed by atoms with Crippen LogP contribution in [0.25, 0.3) is 6.08 Å². The molecule has 1 amide bonds. The summed E-state index contributed by atoms with van der Waals surface area (Å²) in [4.78, 5) is 15.6. The second-order valence-electron chi connectivity index (χ2n) is 3.69. The van der Waals surface area contributed by atoms with Gasteiger partial charge in [0.1, 0.15) is 0 Å². The summed E-state index contributed by atoms with van der Waals surface area (Å²) in [6.45, 7) is 3.04. The van der Waals surface area contributed by atoms with Crippen LogP contribution in [0.15, 0.2) is 43.3 Å². The molecule has 1 aromatic heterocycles. The van der Waals surface area contributed by atoms with Crippen LogP contribution >= 0.6 is 0 Å². The third-order valence-electron chi connectivity index (χ3n) is 2.20. The fourth-order valence-corrected chi connectivity index (χ4v) is 1.37. The van der Waals surface area contributed by atoms with Gasteiger partial charge in [-0.15, -0.1) is 6.58 Å². The Balaban J connectivity index is 2.67. The van der Waals surface area contributed by atoms with E-state index in [9.17, 15) is 18.0 Å². The highest BCUT2D eigenvalue weighted by atomic mass is 19.4. The van der Waals surface area contributed by atoms with Crippen LogP contribution in [0.2, 0.25) is 0 Å². The molecule has 1 rings (SSSR count). The molecule has 0 saturated heterocycles. The van der Waals surface area contributed by atoms with Crippen LogP contribution in [0.1, 0.15) is 5.56 Å². The number of carbonyl (C=O) groups excluding carboxylic acids is 1. The highest BCUT2D eigenvalue weighted by Gasteiger charge is 2.41. The summed E-state index contributed by atoms with van der Waals surface area (Å²) in [7, 11) is 0. The van der Waals surface area contributed by atoms with E-state index in [2.05, 4.69) is 11.6 Å². The van der Waals surface area contributed by atoms with Crippen LogP contribution in [0.5, 0.6) is 0 Å². The van der Waals surface area contributed by atoms with Gasteiger partial charge in [-0.2, -0.15) is 13.2 Å². The molecule has 0 radical (unpaired) electrons. The molecule has 0 atom stereocenters. The number of amides is 1. The van der Waals surface area contributed by atoms with Crippen molar-refractivity contribution in [2.24, 2.45) is 0 Å². The molecular weight excluding hydrogens is 257 g/mol. The largest absolute Gasteiger partial charge is 0.471 e. The molecular formula is C13H13F3N2O. The van der Waals surface area contributed by atoms with Crippen LogP contribution < -0.4 is 0 Å². The van der Waals surface area contributed by atoms with Crippen molar-refractivity contribution in [3.63, 3.8) is 0 Å². The van der Waals surface area contributed by atoms with Gasteiger partial charge in [-0.25, -0.2) is 0 Å². The van der Waals surface area contributed by atoms with E-state index in [1.807, 2.05) is 0 Å². The number of hydrogen-bond donors (Lipinski definition) is 0. The van der Waals surface area contributed by atoms with Crippen molar-refractivity contribution < 1.29 is 18.0 Å². The molecule has 0 saturated carbocycles. The zero-order valence-electron chi connectivity index (χ0n) is 10.1. The lowest BCUT2D eigenvalue weighted by atomic mass is 10.2. The highest BCUT2D eigenvalue weighted by molar-refractivity contribution is 5.82. The van der Waals surface area contributed by atoms with E-state index in [0.717, 1.165) is 5.56 Å². The van der Waals surface area contributed by atoms with Crippen LogP contribution in [-0.2, 0) is 4.79 Å². The van der Waals surface area contributed by atoms with Gasteiger partial charge in [0.25, 0.3) is 0 Å². The molecule has 0 bridgehead atoms. The Morgan fingerprint density at radius 3 is 2.68 bits per heavy atom. The Kier molecular flexibility index (Phi) is 5.29. The minimum absolute atomic E-state index is 0.140. The van der Waals surface area contributed by atoms with Gasteiger partial charge >= 0.3 is 12.1 Å². The molecule has 0 unspecified atom stereocenters.